The predicted molar refractivity (Wildman–Crippen MR) is 91.2 cm³/mol. The number of rotatable bonds is 4. The first-order chi connectivity index (χ1) is 12.5. The topological polar surface area (TPSA) is 115 Å². The van der Waals surface area contributed by atoms with Gasteiger partial charge < -0.3 is 15.6 Å². The quantitative estimate of drug-likeness (QED) is 0.695. The van der Waals surface area contributed by atoms with Crippen LogP contribution < -0.4 is 10.5 Å². The van der Waals surface area contributed by atoms with E-state index in [1.807, 2.05) is 0 Å². The molecule has 8 heteroatoms. The Kier molecular flexibility index (Phi) is 6.33. The van der Waals surface area contributed by atoms with Crippen molar-refractivity contribution in [2.75, 3.05) is 0 Å². The lowest BCUT2D eigenvalue weighted by molar-refractivity contribution is -0.106. The van der Waals surface area contributed by atoms with Crippen LogP contribution in [0.4, 0.5) is 4.39 Å². The van der Waals surface area contributed by atoms with Crippen molar-refractivity contribution in [3.05, 3.63) is 72.4 Å². The molecule has 0 atom stereocenters. The fourth-order valence-corrected chi connectivity index (χ4v) is 1.95. The van der Waals surface area contributed by atoms with Crippen molar-refractivity contribution in [3.63, 3.8) is 0 Å². The number of hydrogen-bond acceptors (Lipinski definition) is 5. The molecule has 132 valence electrons. The van der Waals surface area contributed by atoms with E-state index in [0.717, 1.165) is 5.56 Å². The number of ether oxygens (including phenoxy) is 1. The normalized spacial score (nSPS) is 9.58. The van der Waals surface area contributed by atoms with Gasteiger partial charge >= 0.3 is 5.97 Å². The SMILES string of the molecule is NC=O.O=C(O)c1nccc(-c2ccc(Oc3ccc(F)cc3)cc2)n1. The van der Waals surface area contributed by atoms with Crippen LogP contribution >= 0.6 is 0 Å². The molecule has 0 aliphatic heterocycles. The van der Waals surface area contributed by atoms with E-state index in [1.54, 1.807) is 30.3 Å². The lowest BCUT2D eigenvalue weighted by Gasteiger charge is -2.07. The molecule has 0 unspecified atom stereocenters. The van der Waals surface area contributed by atoms with Gasteiger partial charge in [0.25, 0.3) is 0 Å². The lowest BCUT2D eigenvalue weighted by Crippen LogP contribution is -2.04. The van der Waals surface area contributed by atoms with Gasteiger partial charge in [-0.15, -0.1) is 0 Å². The number of primary amides is 1. The molecule has 1 amide bonds. The van der Waals surface area contributed by atoms with Crippen LogP contribution in [-0.2, 0) is 4.79 Å². The molecular weight excluding hydrogens is 341 g/mol. The minimum atomic E-state index is -1.18. The summed E-state index contributed by atoms with van der Waals surface area (Å²) in [6, 6.07) is 14.3. The Morgan fingerprint density at radius 2 is 1.58 bits per heavy atom. The summed E-state index contributed by atoms with van der Waals surface area (Å²) in [5.74, 6) is -0.662. The van der Waals surface area contributed by atoms with Gasteiger partial charge in [-0.2, -0.15) is 0 Å². The Labute approximate surface area is 147 Å². The number of carbonyl (C=O) groups excluding carboxylic acids is 1. The van der Waals surface area contributed by atoms with Crippen LogP contribution in [0.5, 0.6) is 11.5 Å². The van der Waals surface area contributed by atoms with E-state index in [1.165, 1.54) is 30.5 Å². The second-order valence-corrected chi connectivity index (χ2v) is 4.79. The number of halogens is 1. The molecule has 0 saturated carbocycles. The lowest BCUT2D eigenvalue weighted by atomic mass is 10.1. The molecule has 3 rings (SSSR count). The fourth-order valence-electron chi connectivity index (χ4n) is 1.95. The van der Waals surface area contributed by atoms with Gasteiger partial charge in [0.15, 0.2) is 0 Å². The number of hydrogen-bond donors (Lipinski definition) is 2. The number of aromatic carboxylic acids is 1. The third kappa shape index (κ3) is 5.10. The number of aromatic nitrogens is 2. The van der Waals surface area contributed by atoms with Crippen LogP contribution in [0.15, 0.2) is 60.8 Å². The van der Waals surface area contributed by atoms with Crippen LogP contribution in [0, 0.1) is 5.82 Å². The number of carbonyl (C=O) groups is 2. The van der Waals surface area contributed by atoms with Gasteiger partial charge in [0.2, 0.25) is 12.2 Å². The Bertz CT molecular complexity index is 884. The van der Waals surface area contributed by atoms with E-state index in [4.69, 9.17) is 14.6 Å². The van der Waals surface area contributed by atoms with Crippen molar-refractivity contribution < 1.29 is 23.8 Å². The number of carboxylic acids is 1. The molecule has 1 aromatic heterocycles. The Hall–Kier alpha value is -3.81. The van der Waals surface area contributed by atoms with E-state index < -0.39 is 5.97 Å². The first-order valence-corrected chi connectivity index (χ1v) is 7.29. The molecule has 1 heterocycles. The smallest absolute Gasteiger partial charge is 0.373 e. The summed E-state index contributed by atoms with van der Waals surface area (Å²) in [4.78, 5) is 27.1. The number of nitrogens with zero attached hydrogens (tertiary/aromatic N) is 2. The summed E-state index contributed by atoms with van der Waals surface area (Å²) in [5, 5.41) is 8.91. The average molecular weight is 355 g/mol. The fraction of sp³-hybridized carbons (Fsp3) is 0. The molecule has 0 spiro atoms. The Balaban J connectivity index is 0.000000758. The van der Waals surface area contributed by atoms with Crippen molar-refractivity contribution in [1.29, 1.82) is 0 Å². The van der Waals surface area contributed by atoms with E-state index in [2.05, 4.69) is 15.7 Å². The summed E-state index contributed by atoms with van der Waals surface area (Å²) in [7, 11) is 0. The molecule has 2 aromatic carbocycles. The third-order valence-electron chi connectivity index (χ3n) is 3.05. The minimum absolute atomic E-state index is 0.250. The van der Waals surface area contributed by atoms with Gasteiger partial charge in [0.05, 0.1) is 5.69 Å². The Morgan fingerprint density at radius 1 is 1.04 bits per heavy atom. The molecule has 0 fully saturated rings. The van der Waals surface area contributed by atoms with Crippen LogP contribution in [0.2, 0.25) is 0 Å². The van der Waals surface area contributed by atoms with Gasteiger partial charge in [-0.25, -0.2) is 19.2 Å². The highest BCUT2D eigenvalue weighted by Crippen LogP contribution is 2.25. The van der Waals surface area contributed by atoms with Crippen LogP contribution in [0.3, 0.4) is 0 Å². The van der Waals surface area contributed by atoms with Crippen molar-refractivity contribution in [1.82, 2.24) is 9.97 Å². The van der Waals surface area contributed by atoms with Crippen LogP contribution in [-0.4, -0.2) is 27.5 Å². The van der Waals surface area contributed by atoms with Crippen molar-refractivity contribution in [2.24, 2.45) is 5.73 Å². The molecule has 0 aliphatic carbocycles. The zero-order valence-electron chi connectivity index (χ0n) is 13.4. The molecular formula is C18H14FN3O4. The van der Waals surface area contributed by atoms with E-state index in [-0.39, 0.29) is 18.1 Å². The molecule has 0 aliphatic rings. The van der Waals surface area contributed by atoms with Gasteiger partial charge in [0, 0.05) is 11.8 Å². The maximum Gasteiger partial charge on any atom is 0.373 e. The standard InChI is InChI=1S/C17H11FN2O3.CH3NO/c18-12-3-7-14(8-4-12)23-13-5-1-11(2-6-13)15-9-10-19-16(20-15)17(21)22;2-1-3/h1-10H,(H,21,22);1H,(H2,2,3). The molecule has 26 heavy (non-hydrogen) atoms. The molecule has 3 N–H and O–H groups in total. The van der Waals surface area contributed by atoms with Gasteiger partial charge in [0.1, 0.15) is 17.3 Å². The summed E-state index contributed by atoms with van der Waals surface area (Å²) in [6.07, 6.45) is 1.65. The number of amides is 1. The van der Waals surface area contributed by atoms with Crippen molar-refractivity contribution >= 4 is 12.4 Å². The van der Waals surface area contributed by atoms with Gasteiger partial charge in [-0.1, -0.05) is 0 Å². The second-order valence-electron chi connectivity index (χ2n) is 4.79. The molecule has 7 nitrogen and oxygen atoms in total. The number of carboxylic acid groups (broad SMARTS) is 1. The highest BCUT2D eigenvalue weighted by molar-refractivity contribution is 5.83. The third-order valence-corrected chi connectivity index (χ3v) is 3.05. The van der Waals surface area contributed by atoms with Crippen LogP contribution in [0.1, 0.15) is 10.6 Å². The monoisotopic (exact) mass is 355 g/mol. The maximum atomic E-state index is 12.8. The molecule has 0 bridgehead atoms. The molecule has 3 aromatic rings. The summed E-state index contributed by atoms with van der Waals surface area (Å²) in [6.45, 7) is 0. The zero-order chi connectivity index (χ0) is 18.9. The Morgan fingerprint density at radius 3 is 2.12 bits per heavy atom. The average Bonchev–Trinajstić information content (AvgIpc) is 2.65. The maximum absolute atomic E-state index is 12.8. The predicted octanol–water partition coefficient (Wildman–Crippen LogP) is 2.87. The summed E-state index contributed by atoms with van der Waals surface area (Å²) >= 11 is 0. The molecule has 0 radical (unpaired) electrons. The van der Waals surface area contributed by atoms with E-state index in [0.29, 0.717) is 17.2 Å². The highest BCUT2D eigenvalue weighted by atomic mass is 19.1. The van der Waals surface area contributed by atoms with Gasteiger partial charge in [-0.3, -0.25) is 4.79 Å². The first kappa shape index (κ1) is 18.5. The van der Waals surface area contributed by atoms with E-state index >= 15 is 0 Å². The second kappa shape index (κ2) is 8.88. The van der Waals surface area contributed by atoms with E-state index in [9.17, 15) is 9.18 Å². The van der Waals surface area contributed by atoms with Crippen LogP contribution in [0.25, 0.3) is 11.3 Å². The minimum Gasteiger partial charge on any atom is -0.475 e. The number of benzene rings is 2. The summed E-state index contributed by atoms with van der Waals surface area (Å²) < 4.78 is 18.4. The van der Waals surface area contributed by atoms with Crippen molar-refractivity contribution in [2.45, 2.75) is 0 Å². The first-order valence-electron chi connectivity index (χ1n) is 7.29. The largest absolute Gasteiger partial charge is 0.475 e. The highest BCUT2D eigenvalue weighted by Gasteiger charge is 2.08. The molecule has 0 saturated heterocycles. The van der Waals surface area contributed by atoms with Crippen molar-refractivity contribution in [3.8, 4) is 22.8 Å². The van der Waals surface area contributed by atoms with Gasteiger partial charge in [-0.05, 0) is 54.6 Å². The summed E-state index contributed by atoms with van der Waals surface area (Å²) in [5.41, 5.74) is 5.41. The number of nitrogens with two attached hydrogens (primary N) is 1. The zero-order valence-corrected chi connectivity index (χ0v) is 13.4.